The van der Waals surface area contributed by atoms with E-state index in [9.17, 15) is 0 Å². The summed E-state index contributed by atoms with van der Waals surface area (Å²) in [5.41, 5.74) is 5.31. The molecule has 0 bridgehead atoms. The molecule has 0 aromatic heterocycles. The zero-order valence-electron chi connectivity index (χ0n) is 8.23. The third kappa shape index (κ3) is 9.52. The molecular formula is C11H21N. The molecule has 1 nitrogen and oxygen atoms in total. The van der Waals surface area contributed by atoms with E-state index in [0.29, 0.717) is 6.54 Å². The van der Waals surface area contributed by atoms with Crippen molar-refractivity contribution in [1.82, 2.24) is 0 Å². The molecule has 70 valence electrons. The third-order valence-electron chi connectivity index (χ3n) is 1.80. The van der Waals surface area contributed by atoms with Crippen LogP contribution in [0.3, 0.4) is 0 Å². The van der Waals surface area contributed by atoms with Crippen LogP contribution in [-0.4, -0.2) is 6.54 Å². The summed E-state index contributed by atoms with van der Waals surface area (Å²) in [4.78, 5) is 0. The lowest BCUT2D eigenvalue weighted by atomic mass is 10.1. The molecule has 0 unspecified atom stereocenters. The predicted molar refractivity (Wildman–Crippen MR) is 54.8 cm³/mol. The summed E-state index contributed by atoms with van der Waals surface area (Å²) in [6.07, 6.45) is 8.57. The lowest BCUT2D eigenvalue weighted by molar-refractivity contribution is 0.641. The van der Waals surface area contributed by atoms with Gasteiger partial charge in [-0.25, -0.2) is 0 Å². The molecule has 12 heavy (non-hydrogen) atoms. The van der Waals surface area contributed by atoms with Crippen LogP contribution < -0.4 is 5.73 Å². The summed E-state index contributed by atoms with van der Waals surface area (Å²) in [5.74, 6) is 6.18. The Hall–Kier alpha value is -0.480. The Kier molecular flexibility index (Phi) is 10.1. The third-order valence-corrected chi connectivity index (χ3v) is 1.80. The molecular weight excluding hydrogens is 146 g/mol. The molecule has 0 rings (SSSR count). The minimum atomic E-state index is 0.697. The SMILES string of the molecule is CCCCCCCC#CCCN. The molecule has 0 aliphatic heterocycles. The van der Waals surface area contributed by atoms with Crippen molar-refractivity contribution in [3.8, 4) is 11.8 Å². The largest absolute Gasteiger partial charge is 0.330 e. The number of nitrogens with two attached hydrogens (primary N) is 1. The van der Waals surface area contributed by atoms with Gasteiger partial charge in [0, 0.05) is 19.4 Å². The van der Waals surface area contributed by atoms with E-state index in [1.165, 1.54) is 32.1 Å². The molecule has 2 N–H and O–H groups in total. The highest BCUT2D eigenvalue weighted by molar-refractivity contribution is 4.98. The topological polar surface area (TPSA) is 26.0 Å². The van der Waals surface area contributed by atoms with E-state index in [2.05, 4.69) is 18.8 Å². The molecule has 1 heteroatoms. The van der Waals surface area contributed by atoms with Gasteiger partial charge in [0.1, 0.15) is 0 Å². The zero-order valence-corrected chi connectivity index (χ0v) is 8.23. The number of hydrogen-bond acceptors (Lipinski definition) is 1. The van der Waals surface area contributed by atoms with E-state index in [-0.39, 0.29) is 0 Å². The van der Waals surface area contributed by atoms with Gasteiger partial charge in [0.15, 0.2) is 0 Å². The van der Waals surface area contributed by atoms with Gasteiger partial charge in [-0.2, -0.15) is 0 Å². The molecule has 0 atom stereocenters. The molecule has 0 amide bonds. The van der Waals surface area contributed by atoms with Crippen LogP contribution in [0.25, 0.3) is 0 Å². The van der Waals surface area contributed by atoms with Gasteiger partial charge in [0.25, 0.3) is 0 Å². The van der Waals surface area contributed by atoms with Gasteiger partial charge in [0.2, 0.25) is 0 Å². The highest BCUT2D eigenvalue weighted by Gasteiger charge is 1.85. The molecule has 0 radical (unpaired) electrons. The quantitative estimate of drug-likeness (QED) is 0.477. The smallest absolute Gasteiger partial charge is 0.0212 e. The first-order valence-electron chi connectivity index (χ1n) is 5.07. The maximum Gasteiger partial charge on any atom is 0.0212 e. The second-order valence-electron chi connectivity index (χ2n) is 3.06. The van der Waals surface area contributed by atoms with Gasteiger partial charge in [-0.15, -0.1) is 11.8 Å². The molecule has 0 heterocycles. The van der Waals surface area contributed by atoms with Crippen LogP contribution in [0.2, 0.25) is 0 Å². The second-order valence-corrected chi connectivity index (χ2v) is 3.06. The van der Waals surface area contributed by atoms with Crippen molar-refractivity contribution in [3.63, 3.8) is 0 Å². The Bertz CT molecular complexity index is 130. The minimum Gasteiger partial charge on any atom is -0.330 e. The van der Waals surface area contributed by atoms with Crippen molar-refractivity contribution in [2.75, 3.05) is 6.54 Å². The van der Waals surface area contributed by atoms with Crippen LogP contribution in [0.4, 0.5) is 0 Å². The first kappa shape index (κ1) is 11.5. The highest BCUT2D eigenvalue weighted by atomic mass is 14.5. The maximum absolute atomic E-state index is 5.31. The van der Waals surface area contributed by atoms with Crippen molar-refractivity contribution in [1.29, 1.82) is 0 Å². The highest BCUT2D eigenvalue weighted by Crippen LogP contribution is 2.03. The predicted octanol–water partition coefficient (Wildman–Crippen LogP) is 2.70. The first-order valence-corrected chi connectivity index (χ1v) is 5.07. The average Bonchev–Trinajstić information content (AvgIpc) is 2.10. The average molecular weight is 167 g/mol. The first-order chi connectivity index (χ1) is 5.91. The number of hydrogen-bond donors (Lipinski definition) is 1. The van der Waals surface area contributed by atoms with Crippen molar-refractivity contribution in [3.05, 3.63) is 0 Å². The van der Waals surface area contributed by atoms with Gasteiger partial charge in [-0.3, -0.25) is 0 Å². The fraction of sp³-hybridized carbons (Fsp3) is 0.818. The van der Waals surface area contributed by atoms with E-state index in [4.69, 9.17) is 5.73 Å². The Morgan fingerprint density at radius 3 is 2.25 bits per heavy atom. The summed E-state index contributed by atoms with van der Waals surface area (Å²) in [6, 6.07) is 0. The Morgan fingerprint density at radius 2 is 1.58 bits per heavy atom. The minimum absolute atomic E-state index is 0.697. The summed E-state index contributed by atoms with van der Waals surface area (Å²) < 4.78 is 0. The van der Waals surface area contributed by atoms with Crippen molar-refractivity contribution in [2.45, 2.75) is 51.9 Å². The van der Waals surface area contributed by atoms with Gasteiger partial charge in [-0.1, -0.05) is 32.6 Å². The summed E-state index contributed by atoms with van der Waals surface area (Å²) in [5, 5.41) is 0. The van der Waals surface area contributed by atoms with Crippen LogP contribution in [0.5, 0.6) is 0 Å². The van der Waals surface area contributed by atoms with Crippen LogP contribution in [0, 0.1) is 11.8 Å². The fourth-order valence-electron chi connectivity index (χ4n) is 1.07. The Balaban J connectivity index is 2.96. The van der Waals surface area contributed by atoms with Crippen molar-refractivity contribution < 1.29 is 0 Å². The van der Waals surface area contributed by atoms with Crippen molar-refractivity contribution in [2.24, 2.45) is 5.73 Å². The number of rotatable bonds is 6. The van der Waals surface area contributed by atoms with E-state index in [1.54, 1.807) is 0 Å². The van der Waals surface area contributed by atoms with Crippen LogP contribution in [0.1, 0.15) is 51.9 Å². The monoisotopic (exact) mass is 167 g/mol. The normalized spacial score (nSPS) is 9.17. The summed E-state index contributed by atoms with van der Waals surface area (Å²) in [6.45, 7) is 2.93. The summed E-state index contributed by atoms with van der Waals surface area (Å²) in [7, 11) is 0. The molecule has 0 spiro atoms. The lowest BCUT2D eigenvalue weighted by Crippen LogP contribution is -1.95. The fourth-order valence-corrected chi connectivity index (χ4v) is 1.07. The van der Waals surface area contributed by atoms with Crippen LogP contribution in [-0.2, 0) is 0 Å². The molecule has 0 aliphatic carbocycles. The molecule has 0 saturated carbocycles. The second kappa shape index (κ2) is 10.5. The Morgan fingerprint density at radius 1 is 0.917 bits per heavy atom. The maximum atomic E-state index is 5.31. The van der Waals surface area contributed by atoms with Gasteiger partial charge in [0.05, 0.1) is 0 Å². The van der Waals surface area contributed by atoms with E-state index in [0.717, 1.165) is 12.8 Å². The van der Waals surface area contributed by atoms with Gasteiger partial charge in [-0.05, 0) is 6.42 Å². The van der Waals surface area contributed by atoms with Gasteiger partial charge >= 0.3 is 0 Å². The van der Waals surface area contributed by atoms with E-state index < -0.39 is 0 Å². The number of unbranched alkanes of at least 4 members (excludes halogenated alkanes) is 5. The Labute approximate surface area is 76.7 Å². The molecule has 0 fully saturated rings. The van der Waals surface area contributed by atoms with E-state index >= 15 is 0 Å². The molecule has 0 saturated heterocycles. The summed E-state index contributed by atoms with van der Waals surface area (Å²) >= 11 is 0. The standard InChI is InChI=1S/C11H21N/c1-2-3-4-5-6-7-8-9-10-11-12/h2-7,10-12H2,1H3. The van der Waals surface area contributed by atoms with Crippen LogP contribution in [0.15, 0.2) is 0 Å². The van der Waals surface area contributed by atoms with Crippen LogP contribution >= 0.6 is 0 Å². The van der Waals surface area contributed by atoms with Gasteiger partial charge < -0.3 is 5.73 Å². The molecule has 0 aromatic rings. The van der Waals surface area contributed by atoms with E-state index in [1.807, 2.05) is 0 Å². The zero-order chi connectivity index (χ0) is 9.07. The molecule has 0 aromatic carbocycles. The molecule has 0 aliphatic rings. The van der Waals surface area contributed by atoms with Crippen molar-refractivity contribution >= 4 is 0 Å². The lowest BCUT2D eigenvalue weighted by Gasteiger charge is -1.94.